The second kappa shape index (κ2) is 8.44. The highest BCUT2D eigenvalue weighted by Gasteiger charge is 2.37. The second-order valence-electron chi connectivity index (χ2n) is 7.90. The van der Waals surface area contributed by atoms with Crippen LogP contribution in [0.3, 0.4) is 0 Å². The Hall–Kier alpha value is -3.30. The Morgan fingerprint density at radius 1 is 1.19 bits per heavy atom. The molecular weight excluding hydrogens is 413 g/mol. The van der Waals surface area contributed by atoms with Gasteiger partial charge in [-0.15, -0.1) is 0 Å². The summed E-state index contributed by atoms with van der Waals surface area (Å²) >= 11 is 0. The molecule has 3 rings (SSSR count). The molecular formula is C21H23F3N4O3. The maximum atomic E-state index is 13.8. The van der Waals surface area contributed by atoms with Gasteiger partial charge in [0.2, 0.25) is 0 Å². The molecule has 166 valence electrons. The van der Waals surface area contributed by atoms with E-state index >= 15 is 0 Å². The average molecular weight is 436 g/mol. The molecule has 1 unspecified atom stereocenters. The summed E-state index contributed by atoms with van der Waals surface area (Å²) in [5, 5.41) is 4.11. The average Bonchev–Trinajstić information content (AvgIpc) is 3.13. The second-order valence-corrected chi connectivity index (χ2v) is 7.90. The number of hydrogen-bond acceptors (Lipinski definition) is 5. The van der Waals surface area contributed by atoms with Crippen LogP contribution < -0.4 is 10.5 Å². The van der Waals surface area contributed by atoms with E-state index in [4.69, 9.17) is 15.2 Å². The Morgan fingerprint density at radius 2 is 1.94 bits per heavy atom. The van der Waals surface area contributed by atoms with Crippen molar-refractivity contribution in [2.75, 3.05) is 6.61 Å². The minimum absolute atomic E-state index is 0.0978. The predicted molar refractivity (Wildman–Crippen MR) is 107 cm³/mol. The third-order valence-corrected chi connectivity index (χ3v) is 4.59. The molecule has 0 radical (unpaired) electrons. The molecule has 2 aromatic heterocycles. The summed E-state index contributed by atoms with van der Waals surface area (Å²) < 4.78 is 53.6. The van der Waals surface area contributed by atoms with E-state index in [1.807, 2.05) is 13.8 Å². The Kier molecular flexibility index (Phi) is 6.10. The minimum Gasteiger partial charge on any atom is -0.489 e. The lowest BCUT2D eigenvalue weighted by atomic mass is 9.95. The van der Waals surface area contributed by atoms with E-state index in [2.05, 4.69) is 10.1 Å². The monoisotopic (exact) mass is 436 g/mol. The van der Waals surface area contributed by atoms with Crippen molar-refractivity contribution in [3.8, 4) is 17.0 Å². The lowest BCUT2D eigenvalue weighted by Gasteiger charge is -2.30. The summed E-state index contributed by atoms with van der Waals surface area (Å²) in [5.74, 6) is -0.273. The van der Waals surface area contributed by atoms with E-state index in [0.717, 1.165) is 6.07 Å². The van der Waals surface area contributed by atoms with Gasteiger partial charge in [-0.1, -0.05) is 13.8 Å². The molecule has 1 amide bonds. The molecule has 3 aromatic rings. The molecule has 31 heavy (non-hydrogen) atoms. The number of rotatable bonds is 7. The summed E-state index contributed by atoms with van der Waals surface area (Å²) in [6.07, 6.45) is -2.30. The van der Waals surface area contributed by atoms with Crippen LogP contribution in [0.15, 0.2) is 42.7 Å². The van der Waals surface area contributed by atoms with Crippen LogP contribution in [0.25, 0.3) is 16.9 Å². The Labute approximate surface area is 177 Å². The fourth-order valence-corrected chi connectivity index (χ4v) is 3.56. The number of fused-ring (bicyclic) bond motifs is 1. The van der Waals surface area contributed by atoms with E-state index in [9.17, 15) is 18.0 Å². The number of ether oxygens (including phenoxy) is 2. The number of carbonyl (C=O) groups is 1. The number of primary amides is 1. The van der Waals surface area contributed by atoms with Crippen molar-refractivity contribution in [2.45, 2.75) is 39.0 Å². The van der Waals surface area contributed by atoms with E-state index in [-0.39, 0.29) is 18.3 Å². The molecule has 0 saturated heterocycles. The van der Waals surface area contributed by atoms with E-state index in [0.29, 0.717) is 23.3 Å². The van der Waals surface area contributed by atoms with Crippen LogP contribution >= 0.6 is 0 Å². The van der Waals surface area contributed by atoms with Gasteiger partial charge in [0.1, 0.15) is 18.0 Å². The smallest absolute Gasteiger partial charge is 0.419 e. The van der Waals surface area contributed by atoms with E-state index in [1.54, 1.807) is 19.1 Å². The number of benzene rings is 1. The van der Waals surface area contributed by atoms with Gasteiger partial charge in [0, 0.05) is 17.8 Å². The molecule has 0 saturated carbocycles. The number of carbonyl (C=O) groups excluding carboxylic acids is 1. The normalized spacial score (nSPS) is 13.9. The van der Waals surface area contributed by atoms with Crippen LogP contribution in [0.4, 0.5) is 18.0 Å². The van der Waals surface area contributed by atoms with Gasteiger partial charge in [-0.3, -0.25) is 0 Å². The van der Waals surface area contributed by atoms with Crippen molar-refractivity contribution < 1.29 is 27.4 Å². The Balaban J connectivity index is 1.96. The first-order chi connectivity index (χ1) is 14.5. The molecule has 0 bridgehead atoms. The zero-order valence-electron chi connectivity index (χ0n) is 17.3. The quantitative estimate of drug-likeness (QED) is 0.580. The van der Waals surface area contributed by atoms with Gasteiger partial charge in [-0.2, -0.15) is 18.3 Å². The SMILES string of the molecule is CC(C)CC(C)(COc1ccc(-c2ccnc3ccnn23)cc1C(F)(F)F)OC(N)=O. The number of amides is 1. The Bertz CT molecular complexity index is 1080. The van der Waals surface area contributed by atoms with Crippen molar-refractivity contribution in [3.63, 3.8) is 0 Å². The van der Waals surface area contributed by atoms with E-state index in [1.165, 1.54) is 29.0 Å². The molecule has 2 heterocycles. The molecule has 0 aliphatic carbocycles. The Morgan fingerprint density at radius 3 is 2.58 bits per heavy atom. The van der Waals surface area contributed by atoms with Crippen LogP contribution in [0.2, 0.25) is 0 Å². The third-order valence-electron chi connectivity index (χ3n) is 4.59. The third kappa shape index (κ3) is 5.25. The number of hydrogen-bond donors (Lipinski definition) is 1. The van der Waals surface area contributed by atoms with E-state index < -0.39 is 23.4 Å². The molecule has 10 heteroatoms. The first-order valence-corrected chi connectivity index (χ1v) is 9.60. The summed E-state index contributed by atoms with van der Waals surface area (Å²) in [5.41, 5.74) is 4.28. The van der Waals surface area contributed by atoms with Gasteiger partial charge in [0.15, 0.2) is 5.65 Å². The number of halogens is 3. The topological polar surface area (TPSA) is 91.7 Å². The van der Waals surface area contributed by atoms with Gasteiger partial charge < -0.3 is 15.2 Å². The van der Waals surface area contributed by atoms with Crippen LogP contribution in [0.1, 0.15) is 32.8 Å². The maximum absolute atomic E-state index is 13.8. The highest BCUT2D eigenvalue weighted by atomic mass is 19.4. The fraction of sp³-hybridized carbons (Fsp3) is 0.381. The van der Waals surface area contributed by atoms with Crippen molar-refractivity contribution in [1.29, 1.82) is 0 Å². The number of nitrogens with zero attached hydrogens (tertiary/aromatic N) is 3. The molecule has 0 aliphatic rings. The number of nitrogens with two attached hydrogens (primary N) is 1. The van der Waals surface area contributed by atoms with Crippen LogP contribution in [0.5, 0.6) is 5.75 Å². The highest BCUT2D eigenvalue weighted by Crippen LogP contribution is 2.39. The van der Waals surface area contributed by atoms with Crippen LogP contribution in [-0.2, 0) is 10.9 Å². The minimum atomic E-state index is -4.67. The lowest BCUT2D eigenvalue weighted by Crippen LogP contribution is -2.41. The van der Waals surface area contributed by atoms with Gasteiger partial charge in [-0.25, -0.2) is 14.3 Å². The maximum Gasteiger partial charge on any atom is 0.419 e. The summed E-state index contributed by atoms with van der Waals surface area (Å²) in [4.78, 5) is 15.4. The van der Waals surface area contributed by atoms with Gasteiger partial charge in [0.25, 0.3) is 0 Å². The summed E-state index contributed by atoms with van der Waals surface area (Å²) in [6.45, 7) is 5.08. The van der Waals surface area contributed by atoms with Crippen molar-refractivity contribution in [2.24, 2.45) is 11.7 Å². The standard InChI is InChI=1S/C21H23F3N4O3/c1-13(2)11-20(3,31-19(25)29)12-30-17-5-4-14(10-15(17)21(22,23)24)16-6-8-26-18-7-9-27-28(16)18/h4-10,13H,11-12H2,1-3H3,(H2,25,29). The number of alkyl halides is 3. The van der Waals surface area contributed by atoms with Gasteiger partial charge >= 0.3 is 12.3 Å². The van der Waals surface area contributed by atoms with Gasteiger partial charge in [-0.05, 0) is 43.5 Å². The van der Waals surface area contributed by atoms with Crippen LogP contribution in [-0.4, -0.2) is 32.9 Å². The molecule has 0 fully saturated rings. The predicted octanol–water partition coefficient (Wildman–Crippen LogP) is 4.69. The number of aromatic nitrogens is 3. The van der Waals surface area contributed by atoms with Crippen LogP contribution in [0, 0.1) is 5.92 Å². The first-order valence-electron chi connectivity index (χ1n) is 9.60. The first kappa shape index (κ1) is 22.4. The molecule has 1 atom stereocenters. The molecule has 0 aliphatic heterocycles. The molecule has 2 N–H and O–H groups in total. The van der Waals surface area contributed by atoms with Crippen molar-refractivity contribution >= 4 is 11.7 Å². The van der Waals surface area contributed by atoms with Gasteiger partial charge in [0.05, 0.1) is 17.5 Å². The summed E-state index contributed by atoms with van der Waals surface area (Å²) in [6, 6.07) is 6.99. The zero-order chi connectivity index (χ0) is 22.8. The lowest BCUT2D eigenvalue weighted by molar-refractivity contribution is -0.139. The fourth-order valence-electron chi connectivity index (χ4n) is 3.56. The molecule has 7 nitrogen and oxygen atoms in total. The van der Waals surface area contributed by atoms with Crippen molar-refractivity contribution in [1.82, 2.24) is 14.6 Å². The largest absolute Gasteiger partial charge is 0.489 e. The van der Waals surface area contributed by atoms with Crippen molar-refractivity contribution in [3.05, 3.63) is 48.3 Å². The molecule has 1 aromatic carbocycles. The summed E-state index contributed by atoms with van der Waals surface area (Å²) in [7, 11) is 0. The highest BCUT2D eigenvalue weighted by molar-refractivity contribution is 5.66. The zero-order valence-corrected chi connectivity index (χ0v) is 17.3. The molecule has 0 spiro atoms.